The Hall–Kier alpha value is -3.67. The molecular formula is C23H23N3O3. The van der Waals surface area contributed by atoms with E-state index in [4.69, 9.17) is 0 Å². The van der Waals surface area contributed by atoms with E-state index < -0.39 is 5.69 Å². The number of nitrogens with one attached hydrogen (secondary N) is 2. The van der Waals surface area contributed by atoms with Gasteiger partial charge in [-0.3, -0.25) is 19.1 Å². The summed E-state index contributed by atoms with van der Waals surface area (Å²) in [5.41, 5.74) is 2.86. The summed E-state index contributed by atoms with van der Waals surface area (Å²) in [6.07, 6.45) is 5.38. The number of allylic oxidation sites excluding steroid dienone is 1. The van der Waals surface area contributed by atoms with Gasteiger partial charge in [0, 0.05) is 24.8 Å². The largest absolute Gasteiger partial charge is 0.352 e. The lowest BCUT2D eigenvalue weighted by Gasteiger charge is -2.05. The molecule has 0 fully saturated rings. The molecule has 0 saturated heterocycles. The molecule has 2 N–H and O–H groups in total. The number of amides is 1. The predicted octanol–water partition coefficient (Wildman–Crippen LogP) is 2.43. The first-order chi connectivity index (χ1) is 14.0. The molecule has 29 heavy (non-hydrogen) atoms. The summed E-state index contributed by atoms with van der Waals surface area (Å²) in [5.74, 6) is -0.0702. The van der Waals surface area contributed by atoms with Gasteiger partial charge in [0.05, 0.1) is 6.42 Å². The van der Waals surface area contributed by atoms with Gasteiger partial charge in [0.15, 0.2) is 0 Å². The van der Waals surface area contributed by atoms with Crippen molar-refractivity contribution in [2.24, 2.45) is 0 Å². The van der Waals surface area contributed by atoms with Gasteiger partial charge in [-0.25, -0.2) is 4.79 Å². The molecule has 3 rings (SSSR count). The van der Waals surface area contributed by atoms with Crippen LogP contribution in [0.25, 0.3) is 11.1 Å². The monoisotopic (exact) mass is 389 g/mol. The summed E-state index contributed by atoms with van der Waals surface area (Å²) in [6.45, 7) is 2.34. The zero-order valence-corrected chi connectivity index (χ0v) is 16.2. The van der Waals surface area contributed by atoms with Gasteiger partial charge in [-0.15, -0.1) is 0 Å². The van der Waals surface area contributed by atoms with Crippen molar-refractivity contribution in [1.82, 2.24) is 14.9 Å². The van der Waals surface area contributed by atoms with Gasteiger partial charge in [0.2, 0.25) is 5.91 Å². The molecule has 0 atom stereocenters. The summed E-state index contributed by atoms with van der Waals surface area (Å²) in [7, 11) is 0. The Balaban J connectivity index is 1.46. The molecule has 0 radical (unpaired) electrons. The Kier molecular flexibility index (Phi) is 6.58. The molecular weight excluding hydrogens is 366 g/mol. The summed E-state index contributed by atoms with van der Waals surface area (Å²) in [6, 6.07) is 18.0. The lowest BCUT2D eigenvalue weighted by molar-refractivity contribution is -0.120. The van der Waals surface area contributed by atoms with Crippen molar-refractivity contribution >= 4 is 5.91 Å². The number of aromatic amines is 1. The summed E-state index contributed by atoms with van der Waals surface area (Å²) < 4.78 is 1.41. The van der Waals surface area contributed by atoms with Crippen LogP contribution in [0.15, 0.2) is 82.5 Å². The van der Waals surface area contributed by atoms with E-state index in [1.54, 1.807) is 19.1 Å². The Morgan fingerprint density at radius 3 is 2.41 bits per heavy atom. The maximum Gasteiger partial charge on any atom is 0.328 e. The van der Waals surface area contributed by atoms with Gasteiger partial charge in [-0.1, -0.05) is 66.7 Å². The fourth-order valence-corrected chi connectivity index (χ4v) is 2.89. The Bertz CT molecular complexity index is 1110. The number of aromatic nitrogens is 2. The molecule has 1 amide bonds. The molecule has 0 unspecified atom stereocenters. The zero-order valence-electron chi connectivity index (χ0n) is 16.2. The van der Waals surface area contributed by atoms with Gasteiger partial charge >= 0.3 is 5.69 Å². The first kappa shape index (κ1) is 20.1. The second-order valence-electron chi connectivity index (χ2n) is 6.74. The van der Waals surface area contributed by atoms with E-state index in [1.807, 2.05) is 42.5 Å². The highest BCUT2D eigenvalue weighted by Crippen LogP contribution is 2.19. The van der Waals surface area contributed by atoms with Crippen LogP contribution in [-0.4, -0.2) is 22.0 Å². The van der Waals surface area contributed by atoms with E-state index in [-0.39, 0.29) is 11.5 Å². The maximum atomic E-state index is 12.1. The summed E-state index contributed by atoms with van der Waals surface area (Å²) >= 11 is 0. The van der Waals surface area contributed by atoms with Crippen LogP contribution in [0, 0.1) is 6.92 Å². The summed E-state index contributed by atoms with van der Waals surface area (Å²) in [4.78, 5) is 37.4. The SMILES string of the molecule is Cc1cn(C/C=C/CNC(=O)Cc2ccc(-c3ccccc3)cc2)c(=O)[nH]c1=O. The minimum Gasteiger partial charge on any atom is -0.352 e. The van der Waals surface area contributed by atoms with E-state index >= 15 is 0 Å². The van der Waals surface area contributed by atoms with Crippen molar-refractivity contribution in [2.75, 3.05) is 6.54 Å². The quantitative estimate of drug-likeness (QED) is 0.609. The molecule has 0 aliphatic rings. The molecule has 3 aromatic rings. The molecule has 0 bridgehead atoms. The van der Waals surface area contributed by atoms with Gasteiger partial charge in [-0.05, 0) is 23.6 Å². The van der Waals surface area contributed by atoms with Gasteiger partial charge < -0.3 is 5.32 Å². The average Bonchev–Trinajstić information content (AvgIpc) is 2.72. The highest BCUT2D eigenvalue weighted by Gasteiger charge is 2.03. The fourth-order valence-electron chi connectivity index (χ4n) is 2.89. The fraction of sp³-hybridized carbons (Fsp3) is 0.174. The first-order valence-electron chi connectivity index (χ1n) is 9.39. The molecule has 0 aliphatic heterocycles. The summed E-state index contributed by atoms with van der Waals surface area (Å²) in [5, 5.41) is 2.83. The normalized spacial score (nSPS) is 10.9. The van der Waals surface area contributed by atoms with Gasteiger partial charge in [0.1, 0.15) is 0 Å². The maximum absolute atomic E-state index is 12.1. The lowest BCUT2D eigenvalue weighted by Crippen LogP contribution is -2.30. The third-order valence-electron chi connectivity index (χ3n) is 4.50. The highest BCUT2D eigenvalue weighted by atomic mass is 16.2. The van der Waals surface area contributed by atoms with Crippen LogP contribution < -0.4 is 16.6 Å². The van der Waals surface area contributed by atoms with Crippen LogP contribution in [0.4, 0.5) is 0 Å². The van der Waals surface area contributed by atoms with Crippen LogP contribution in [0.1, 0.15) is 11.1 Å². The molecule has 1 aromatic heterocycles. The average molecular weight is 389 g/mol. The van der Waals surface area contributed by atoms with Crippen LogP contribution >= 0.6 is 0 Å². The standard InChI is InChI=1S/C23H23N3O3/c1-17-16-26(23(29)25-22(17)28)14-6-5-13-24-21(27)15-18-9-11-20(12-10-18)19-7-3-2-4-8-19/h2-12,16H,13-15H2,1H3,(H,24,27)(H,25,28,29)/b6-5+. The zero-order chi connectivity index (χ0) is 20.6. The minimum atomic E-state index is -0.451. The van der Waals surface area contributed by atoms with E-state index in [2.05, 4.69) is 22.4 Å². The van der Waals surface area contributed by atoms with Crippen molar-refractivity contribution in [1.29, 1.82) is 0 Å². The number of H-pyrrole nitrogens is 1. The molecule has 6 heteroatoms. The molecule has 6 nitrogen and oxygen atoms in total. The molecule has 0 saturated carbocycles. The van der Waals surface area contributed by atoms with E-state index in [0.29, 0.717) is 25.1 Å². The van der Waals surface area contributed by atoms with Crippen LogP contribution in [-0.2, 0) is 17.8 Å². The molecule has 0 spiro atoms. The van der Waals surface area contributed by atoms with Crippen molar-refractivity contribution in [3.05, 3.63) is 105 Å². The van der Waals surface area contributed by atoms with Crippen molar-refractivity contribution in [3.63, 3.8) is 0 Å². The Morgan fingerprint density at radius 1 is 1.00 bits per heavy atom. The number of nitrogens with zero attached hydrogens (tertiary/aromatic N) is 1. The number of hydrogen-bond donors (Lipinski definition) is 2. The van der Waals surface area contributed by atoms with E-state index in [9.17, 15) is 14.4 Å². The second kappa shape index (κ2) is 9.50. The number of aryl methyl sites for hydroxylation is 1. The lowest BCUT2D eigenvalue weighted by atomic mass is 10.0. The number of benzene rings is 2. The van der Waals surface area contributed by atoms with Crippen molar-refractivity contribution in [3.8, 4) is 11.1 Å². The number of rotatable bonds is 7. The van der Waals surface area contributed by atoms with Crippen LogP contribution in [0.5, 0.6) is 0 Å². The topological polar surface area (TPSA) is 84.0 Å². The van der Waals surface area contributed by atoms with Crippen molar-refractivity contribution < 1.29 is 4.79 Å². The number of carbonyl (C=O) groups is 1. The first-order valence-corrected chi connectivity index (χ1v) is 9.39. The van der Waals surface area contributed by atoms with E-state index in [1.165, 1.54) is 10.8 Å². The molecule has 1 heterocycles. The van der Waals surface area contributed by atoms with Crippen LogP contribution in [0.2, 0.25) is 0 Å². The molecule has 2 aromatic carbocycles. The third-order valence-corrected chi connectivity index (χ3v) is 4.50. The Labute approximate surface area is 168 Å². The predicted molar refractivity (Wildman–Crippen MR) is 114 cm³/mol. The molecule has 148 valence electrons. The molecule has 0 aliphatic carbocycles. The smallest absolute Gasteiger partial charge is 0.328 e. The number of carbonyl (C=O) groups excluding carboxylic acids is 1. The van der Waals surface area contributed by atoms with Crippen molar-refractivity contribution in [2.45, 2.75) is 19.9 Å². The van der Waals surface area contributed by atoms with Crippen LogP contribution in [0.3, 0.4) is 0 Å². The third kappa shape index (κ3) is 5.65. The highest BCUT2D eigenvalue weighted by molar-refractivity contribution is 5.79. The van der Waals surface area contributed by atoms with E-state index in [0.717, 1.165) is 16.7 Å². The van der Waals surface area contributed by atoms with Gasteiger partial charge in [0.25, 0.3) is 5.56 Å². The second-order valence-corrected chi connectivity index (χ2v) is 6.74. The minimum absolute atomic E-state index is 0.0702. The van der Waals surface area contributed by atoms with Gasteiger partial charge in [-0.2, -0.15) is 0 Å². The number of hydrogen-bond acceptors (Lipinski definition) is 3. The Morgan fingerprint density at radius 2 is 1.69 bits per heavy atom.